The molecule has 2 rings (SSSR count). The molecule has 0 spiro atoms. The number of carbonyl (C=O) groups is 1. The van der Waals surface area contributed by atoms with Gasteiger partial charge in [-0.2, -0.15) is 5.26 Å². The molecule has 5 nitrogen and oxygen atoms in total. The van der Waals surface area contributed by atoms with Crippen LogP contribution in [-0.2, 0) is 0 Å². The van der Waals surface area contributed by atoms with E-state index in [9.17, 15) is 4.79 Å². The summed E-state index contributed by atoms with van der Waals surface area (Å²) >= 11 is 0. The molecule has 22 heavy (non-hydrogen) atoms. The van der Waals surface area contributed by atoms with Gasteiger partial charge in [0.15, 0.2) is 0 Å². The molecule has 1 aliphatic carbocycles. The Labute approximate surface area is 131 Å². The minimum Gasteiger partial charge on any atom is -0.495 e. The third kappa shape index (κ3) is 4.01. The Kier molecular flexibility index (Phi) is 5.42. The standard InChI is InChI=1S/C17H21N3O2/c1-12(13-6-4-3-5-7-13)19-17(21)20-15-8-9-16(22-2)14(10-15)11-18/h6,8-10,12H,3-5,7H2,1-2H3,(H2,19,20,21)/t12-/m1/s1. The van der Waals surface area contributed by atoms with Crippen LogP contribution < -0.4 is 15.4 Å². The smallest absolute Gasteiger partial charge is 0.319 e. The molecule has 0 aliphatic heterocycles. The molecule has 0 aromatic heterocycles. The molecule has 0 saturated heterocycles. The van der Waals surface area contributed by atoms with Gasteiger partial charge in [-0.15, -0.1) is 0 Å². The highest BCUT2D eigenvalue weighted by Gasteiger charge is 2.14. The number of rotatable bonds is 4. The molecule has 0 saturated carbocycles. The number of nitrogens with zero attached hydrogens (tertiary/aromatic N) is 1. The van der Waals surface area contributed by atoms with Crippen molar-refractivity contribution in [1.82, 2.24) is 5.32 Å². The normalized spacial score (nSPS) is 15.2. The lowest BCUT2D eigenvalue weighted by atomic mass is 9.95. The molecule has 2 amide bonds. The van der Waals surface area contributed by atoms with Gasteiger partial charge in [-0.05, 0) is 50.8 Å². The van der Waals surface area contributed by atoms with E-state index in [2.05, 4.69) is 16.7 Å². The van der Waals surface area contributed by atoms with E-state index >= 15 is 0 Å². The number of carbonyl (C=O) groups excluding carboxylic acids is 1. The Morgan fingerprint density at radius 2 is 2.23 bits per heavy atom. The van der Waals surface area contributed by atoms with Crippen molar-refractivity contribution >= 4 is 11.7 Å². The first-order chi connectivity index (χ1) is 10.6. The van der Waals surface area contributed by atoms with Gasteiger partial charge in [0.25, 0.3) is 0 Å². The maximum Gasteiger partial charge on any atom is 0.319 e. The number of urea groups is 1. The molecule has 5 heteroatoms. The van der Waals surface area contributed by atoms with E-state index in [4.69, 9.17) is 10.00 Å². The second kappa shape index (κ2) is 7.51. The van der Waals surface area contributed by atoms with Gasteiger partial charge in [0.1, 0.15) is 11.8 Å². The van der Waals surface area contributed by atoms with E-state index in [1.807, 2.05) is 13.0 Å². The molecule has 1 aromatic rings. The van der Waals surface area contributed by atoms with Crippen LogP contribution in [0.2, 0.25) is 0 Å². The molecule has 116 valence electrons. The highest BCUT2D eigenvalue weighted by molar-refractivity contribution is 5.90. The van der Waals surface area contributed by atoms with Crippen molar-refractivity contribution < 1.29 is 9.53 Å². The molecule has 2 N–H and O–H groups in total. The summed E-state index contributed by atoms with van der Waals surface area (Å²) in [6.45, 7) is 1.99. The number of benzene rings is 1. The summed E-state index contributed by atoms with van der Waals surface area (Å²) in [7, 11) is 1.51. The topological polar surface area (TPSA) is 74.2 Å². The lowest BCUT2D eigenvalue weighted by molar-refractivity contribution is 0.250. The second-order valence-electron chi connectivity index (χ2n) is 5.37. The molecular formula is C17H21N3O2. The molecule has 0 bridgehead atoms. The number of hydrogen-bond donors (Lipinski definition) is 2. The minimum atomic E-state index is -0.270. The highest BCUT2D eigenvalue weighted by atomic mass is 16.5. The third-order valence-corrected chi connectivity index (χ3v) is 3.81. The number of nitriles is 1. The Morgan fingerprint density at radius 3 is 2.86 bits per heavy atom. The van der Waals surface area contributed by atoms with Crippen molar-refractivity contribution in [2.24, 2.45) is 0 Å². The van der Waals surface area contributed by atoms with Gasteiger partial charge in [-0.3, -0.25) is 0 Å². The van der Waals surface area contributed by atoms with E-state index in [-0.39, 0.29) is 12.1 Å². The minimum absolute atomic E-state index is 0.0222. The van der Waals surface area contributed by atoms with Gasteiger partial charge >= 0.3 is 6.03 Å². The number of nitrogens with one attached hydrogen (secondary N) is 2. The van der Waals surface area contributed by atoms with Crippen LogP contribution in [0, 0.1) is 11.3 Å². The molecule has 0 fully saturated rings. The molecule has 1 aliphatic rings. The van der Waals surface area contributed by atoms with Crippen molar-refractivity contribution in [3.63, 3.8) is 0 Å². The second-order valence-corrected chi connectivity index (χ2v) is 5.37. The lowest BCUT2D eigenvalue weighted by Crippen LogP contribution is -2.37. The number of hydrogen-bond acceptors (Lipinski definition) is 3. The van der Waals surface area contributed by atoms with Crippen LogP contribution >= 0.6 is 0 Å². The fourth-order valence-corrected chi connectivity index (χ4v) is 2.59. The first-order valence-electron chi connectivity index (χ1n) is 7.48. The molecule has 1 atom stereocenters. The maximum absolute atomic E-state index is 12.1. The predicted molar refractivity (Wildman–Crippen MR) is 85.9 cm³/mol. The van der Waals surface area contributed by atoms with Crippen molar-refractivity contribution in [2.45, 2.75) is 38.6 Å². The first-order valence-corrected chi connectivity index (χ1v) is 7.48. The van der Waals surface area contributed by atoms with E-state index in [1.165, 1.54) is 25.5 Å². The van der Waals surface area contributed by atoms with Crippen LogP contribution in [0.4, 0.5) is 10.5 Å². The summed E-state index contributed by atoms with van der Waals surface area (Å²) in [5.41, 5.74) is 2.25. The van der Waals surface area contributed by atoms with Crippen LogP contribution in [0.15, 0.2) is 29.8 Å². The molecule has 0 heterocycles. The first kappa shape index (κ1) is 15.9. The molecule has 0 radical (unpaired) electrons. The van der Waals surface area contributed by atoms with Gasteiger partial charge < -0.3 is 15.4 Å². The Morgan fingerprint density at radius 1 is 1.41 bits per heavy atom. The van der Waals surface area contributed by atoms with E-state index in [0.29, 0.717) is 17.0 Å². The zero-order chi connectivity index (χ0) is 15.9. The monoisotopic (exact) mass is 299 g/mol. The fourth-order valence-electron chi connectivity index (χ4n) is 2.59. The van der Waals surface area contributed by atoms with Crippen molar-refractivity contribution in [3.8, 4) is 11.8 Å². The SMILES string of the molecule is COc1ccc(NC(=O)N[C@H](C)C2=CCCCC2)cc1C#N. The summed E-state index contributed by atoms with van der Waals surface area (Å²) in [6, 6.07) is 6.78. The van der Waals surface area contributed by atoms with Crippen LogP contribution in [0.5, 0.6) is 5.75 Å². The maximum atomic E-state index is 12.1. The summed E-state index contributed by atoms with van der Waals surface area (Å²) in [6.07, 6.45) is 6.76. The van der Waals surface area contributed by atoms with Crippen LogP contribution in [0.1, 0.15) is 38.2 Å². The Balaban J connectivity index is 1.97. The van der Waals surface area contributed by atoms with Gasteiger partial charge in [0.2, 0.25) is 0 Å². The molecular weight excluding hydrogens is 278 g/mol. The summed E-state index contributed by atoms with van der Waals surface area (Å²) in [4.78, 5) is 12.1. The molecule has 0 unspecified atom stereocenters. The number of allylic oxidation sites excluding steroid dienone is 1. The van der Waals surface area contributed by atoms with Crippen LogP contribution in [0.25, 0.3) is 0 Å². The largest absolute Gasteiger partial charge is 0.495 e. The Bertz CT molecular complexity index is 617. The van der Waals surface area contributed by atoms with E-state index in [0.717, 1.165) is 12.8 Å². The van der Waals surface area contributed by atoms with Crippen molar-refractivity contribution in [1.29, 1.82) is 5.26 Å². The summed E-state index contributed by atoms with van der Waals surface area (Å²) in [5, 5.41) is 14.7. The van der Waals surface area contributed by atoms with Gasteiger partial charge in [0.05, 0.1) is 12.7 Å². The number of ether oxygens (including phenoxy) is 1. The number of anilines is 1. The lowest BCUT2D eigenvalue weighted by Gasteiger charge is -2.21. The van der Waals surface area contributed by atoms with E-state index < -0.39 is 0 Å². The fraction of sp³-hybridized carbons (Fsp3) is 0.412. The zero-order valence-electron chi connectivity index (χ0n) is 13.0. The van der Waals surface area contributed by atoms with Gasteiger partial charge in [0, 0.05) is 11.7 Å². The van der Waals surface area contributed by atoms with Gasteiger partial charge in [-0.1, -0.05) is 11.6 Å². The van der Waals surface area contributed by atoms with Crippen molar-refractivity contribution in [2.75, 3.05) is 12.4 Å². The Hall–Kier alpha value is -2.48. The van der Waals surface area contributed by atoms with E-state index in [1.54, 1.807) is 18.2 Å². The van der Waals surface area contributed by atoms with Crippen molar-refractivity contribution in [3.05, 3.63) is 35.4 Å². The quantitative estimate of drug-likeness (QED) is 0.834. The summed E-state index contributed by atoms with van der Waals surface area (Å²) in [5.74, 6) is 0.495. The third-order valence-electron chi connectivity index (χ3n) is 3.81. The predicted octanol–water partition coefficient (Wildman–Crippen LogP) is 3.58. The zero-order valence-corrected chi connectivity index (χ0v) is 13.0. The summed E-state index contributed by atoms with van der Waals surface area (Å²) < 4.78 is 5.08. The number of methoxy groups -OCH3 is 1. The average molecular weight is 299 g/mol. The number of amides is 2. The highest BCUT2D eigenvalue weighted by Crippen LogP contribution is 2.22. The van der Waals surface area contributed by atoms with Gasteiger partial charge in [-0.25, -0.2) is 4.79 Å². The molecule has 1 aromatic carbocycles. The average Bonchev–Trinajstić information content (AvgIpc) is 2.55. The van der Waals surface area contributed by atoms with Crippen LogP contribution in [0.3, 0.4) is 0 Å². The van der Waals surface area contributed by atoms with Crippen LogP contribution in [-0.4, -0.2) is 19.2 Å².